The molecular formula is C24H25FN2O3. The van der Waals surface area contributed by atoms with E-state index in [1.54, 1.807) is 17.0 Å². The van der Waals surface area contributed by atoms with Crippen molar-refractivity contribution < 1.29 is 18.4 Å². The Balaban J connectivity index is 1.48. The van der Waals surface area contributed by atoms with Gasteiger partial charge in [0, 0.05) is 24.1 Å². The molecule has 1 amide bonds. The lowest BCUT2D eigenvalue weighted by atomic mass is 10.0. The van der Waals surface area contributed by atoms with Gasteiger partial charge in [-0.25, -0.2) is 4.39 Å². The molecule has 0 bridgehead atoms. The van der Waals surface area contributed by atoms with Crippen molar-refractivity contribution >= 4 is 5.91 Å². The lowest BCUT2D eigenvalue weighted by Gasteiger charge is -2.26. The first kappa shape index (κ1) is 20.1. The van der Waals surface area contributed by atoms with Gasteiger partial charge >= 0.3 is 0 Å². The molecule has 0 saturated heterocycles. The van der Waals surface area contributed by atoms with E-state index in [9.17, 15) is 9.18 Å². The summed E-state index contributed by atoms with van der Waals surface area (Å²) in [5, 5.41) is 4.15. The van der Waals surface area contributed by atoms with E-state index in [0.29, 0.717) is 31.2 Å². The number of aryl methyl sites for hydroxylation is 1. The van der Waals surface area contributed by atoms with E-state index in [4.69, 9.17) is 9.26 Å². The summed E-state index contributed by atoms with van der Waals surface area (Å²) in [5.74, 6) is 1.27. The number of ether oxygens (including phenoxy) is 1. The molecule has 0 unspecified atom stereocenters. The van der Waals surface area contributed by atoms with Crippen molar-refractivity contribution in [2.75, 3.05) is 13.2 Å². The second-order valence-corrected chi connectivity index (χ2v) is 7.99. The number of fused-ring (bicyclic) bond motifs is 1. The van der Waals surface area contributed by atoms with Gasteiger partial charge in [-0.1, -0.05) is 31.1 Å². The molecular weight excluding hydrogens is 383 g/mol. The molecule has 0 atom stereocenters. The topological polar surface area (TPSA) is 55.6 Å². The zero-order valence-electron chi connectivity index (χ0n) is 17.4. The Morgan fingerprint density at radius 2 is 2.00 bits per heavy atom. The first-order chi connectivity index (χ1) is 14.4. The van der Waals surface area contributed by atoms with Crippen LogP contribution in [-0.4, -0.2) is 29.1 Å². The van der Waals surface area contributed by atoms with Gasteiger partial charge in [0.15, 0.2) is 12.4 Å². The number of carbonyl (C=O) groups excluding carboxylic acids is 1. The third-order valence-electron chi connectivity index (χ3n) is 5.44. The van der Waals surface area contributed by atoms with E-state index in [1.807, 2.05) is 13.0 Å². The number of hydrogen-bond donors (Lipinski definition) is 0. The predicted octanol–water partition coefficient (Wildman–Crippen LogP) is 4.88. The molecule has 0 spiro atoms. The highest BCUT2D eigenvalue weighted by atomic mass is 19.1. The van der Waals surface area contributed by atoms with E-state index in [0.717, 1.165) is 33.7 Å². The number of aromatic nitrogens is 1. The van der Waals surface area contributed by atoms with Crippen LogP contribution in [0.1, 0.15) is 42.1 Å². The molecule has 0 saturated carbocycles. The van der Waals surface area contributed by atoms with E-state index >= 15 is 0 Å². The molecule has 0 N–H and O–H groups in total. The Labute approximate surface area is 175 Å². The van der Waals surface area contributed by atoms with Crippen molar-refractivity contribution in [2.45, 2.75) is 39.7 Å². The number of nitrogens with zero attached hydrogens (tertiary/aromatic N) is 2. The maximum Gasteiger partial charge on any atom is 0.260 e. The maximum absolute atomic E-state index is 13.3. The van der Waals surface area contributed by atoms with Crippen LogP contribution in [0.2, 0.25) is 0 Å². The first-order valence-corrected chi connectivity index (χ1v) is 10.2. The predicted molar refractivity (Wildman–Crippen MR) is 112 cm³/mol. The number of carbonyl (C=O) groups is 1. The highest BCUT2D eigenvalue weighted by Crippen LogP contribution is 2.31. The van der Waals surface area contributed by atoms with Crippen molar-refractivity contribution in [3.63, 3.8) is 0 Å². The molecule has 1 aliphatic rings. The Morgan fingerprint density at radius 1 is 1.23 bits per heavy atom. The summed E-state index contributed by atoms with van der Waals surface area (Å²) in [6.07, 6.45) is 0.619. The van der Waals surface area contributed by atoms with Crippen LogP contribution in [0.5, 0.6) is 5.75 Å². The van der Waals surface area contributed by atoms with Crippen LogP contribution >= 0.6 is 0 Å². The SMILES string of the molecule is Cc1ccc(C(C)C)c(OCC(=O)N2CCc3noc(-c4ccc(F)cc4)c3C2)c1. The molecule has 1 aliphatic heterocycles. The summed E-state index contributed by atoms with van der Waals surface area (Å²) < 4.78 is 24.7. The minimum absolute atomic E-state index is 0.0182. The highest BCUT2D eigenvalue weighted by molar-refractivity contribution is 5.78. The van der Waals surface area contributed by atoms with Gasteiger partial charge in [-0.3, -0.25) is 4.79 Å². The third kappa shape index (κ3) is 4.08. The average Bonchev–Trinajstić information content (AvgIpc) is 3.15. The Morgan fingerprint density at radius 3 is 2.73 bits per heavy atom. The molecule has 4 rings (SSSR count). The number of amides is 1. The van der Waals surface area contributed by atoms with E-state index in [2.05, 4.69) is 31.1 Å². The number of rotatable bonds is 5. The summed E-state index contributed by atoms with van der Waals surface area (Å²) in [5.41, 5.74) is 4.65. The van der Waals surface area contributed by atoms with Gasteiger partial charge in [0.2, 0.25) is 0 Å². The third-order valence-corrected chi connectivity index (χ3v) is 5.44. The van der Waals surface area contributed by atoms with Crippen LogP contribution in [0.25, 0.3) is 11.3 Å². The fourth-order valence-corrected chi connectivity index (χ4v) is 3.73. The fraction of sp³-hybridized carbons (Fsp3) is 0.333. The molecule has 2 aromatic carbocycles. The minimum Gasteiger partial charge on any atom is -0.483 e. The maximum atomic E-state index is 13.3. The van der Waals surface area contributed by atoms with Gasteiger partial charge in [-0.05, 0) is 54.3 Å². The molecule has 30 heavy (non-hydrogen) atoms. The number of benzene rings is 2. The summed E-state index contributed by atoms with van der Waals surface area (Å²) in [7, 11) is 0. The number of hydrogen-bond acceptors (Lipinski definition) is 4. The minimum atomic E-state index is -0.307. The zero-order chi connectivity index (χ0) is 21.3. The van der Waals surface area contributed by atoms with Crippen LogP contribution in [-0.2, 0) is 17.8 Å². The van der Waals surface area contributed by atoms with E-state index in [-0.39, 0.29) is 18.3 Å². The van der Waals surface area contributed by atoms with Crippen LogP contribution in [0, 0.1) is 12.7 Å². The quantitative estimate of drug-likeness (QED) is 0.604. The molecule has 3 aromatic rings. The molecule has 0 aliphatic carbocycles. The molecule has 5 nitrogen and oxygen atoms in total. The summed E-state index contributed by atoms with van der Waals surface area (Å²) >= 11 is 0. The van der Waals surface area contributed by atoms with Crippen molar-refractivity contribution in [3.8, 4) is 17.1 Å². The molecule has 1 aromatic heterocycles. The zero-order valence-corrected chi connectivity index (χ0v) is 17.4. The van der Waals surface area contributed by atoms with Crippen molar-refractivity contribution in [2.24, 2.45) is 0 Å². The number of halogens is 1. The Hall–Kier alpha value is -3.15. The van der Waals surface area contributed by atoms with Crippen LogP contribution < -0.4 is 4.74 Å². The molecule has 0 radical (unpaired) electrons. The van der Waals surface area contributed by atoms with Gasteiger partial charge in [-0.15, -0.1) is 0 Å². The summed E-state index contributed by atoms with van der Waals surface area (Å²) in [6, 6.07) is 12.2. The summed E-state index contributed by atoms with van der Waals surface area (Å²) in [4.78, 5) is 14.6. The molecule has 2 heterocycles. The Bertz CT molecular complexity index is 1060. The molecule has 156 valence electrons. The van der Waals surface area contributed by atoms with E-state index < -0.39 is 0 Å². The van der Waals surface area contributed by atoms with Crippen molar-refractivity contribution in [1.29, 1.82) is 0 Å². The highest BCUT2D eigenvalue weighted by Gasteiger charge is 2.27. The van der Waals surface area contributed by atoms with Crippen molar-refractivity contribution in [1.82, 2.24) is 10.1 Å². The van der Waals surface area contributed by atoms with Crippen LogP contribution in [0.3, 0.4) is 0 Å². The smallest absolute Gasteiger partial charge is 0.260 e. The average molecular weight is 408 g/mol. The fourth-order valence-electron chi connectivity index (χ4n) is 3.73. The second kappa shape index (κ2) is 8.30. The van der Waals surface area contributed by atoms with Crippen LogP contribution in [0.15, 0.2) is 47.0 Å². The molecule has 6 heteroatoms. The normalized spacial score (nSPS) is 13.4. The summed E-state index contributed by atoms with van der Waals surface area (Å²) in [6.45, 7) is 7.17. The lowest BCUT2D eigenvalue weighted by Crippen LogP contribution is -2.38. The van der Waals surface area contributed by atoms with Crippen molar-refractivity contribution in [3.05, 3.63) is 70.7 Å². The van der Waals surface area contributed by atoms with Gasteiger partial charge in [0.25, 0.3) is 5.91 Å². The standard InChI is InChI=1S/C24H25FN2O3/c1-15(2)19-9-4-16(3)12-22(19)29-14-23(28)27-11-10-21-20(13-27)24(30-26-21)17-5-7-18(25)8-6-17/h4-9,12,15H,10-11,13-14H2,1-3H3. The largest absolute Gasteiger partial charge is 0.483 e. The monoisotopic (exact) mass is 408 g/mol. The van der Waals surface area contributed by atoms with Gasteiger partial charge in [0.1, 0.15) is 11.6 Å². The van der Waals surface area contributed by atoms with Gasteiger partial charge < -0.3 is 14.2 Å². The first-order valence-electron chi connectivity index (χ1n) is 10.2. The lowest BCUT2D eigenvalue weighted by molar-refractivity contribution is -0.134. The molecule has 0 fully saturated rings. The Kier molecular flexibility index (Phi) is 5.57. The van der Waals surface area contributed by atoms with Gasteiger partial charge in [-0.2, -0.15) is 0 Å². The second-order valence-electron chi connectivity index (χ2n) is 7.99. The van der Waals surface area contributed by atoms with Crippen LogP contribution in [0.4, 0.5) is 4.39 Å². The van der Waals surface area contributed by atoms with Gasteiger partial charge in [0.05, 0.1) is 12.2 Å². The van der Waals surface area contributed by atoms with E-state index in [1.165, 1.54) is 12.1 Å².